The first kappa shape index (κ1) is 40.7. The average molecular weight is 809 g/mol. The molecule has 4 fully saturated rings. The third-order valence-electron chi connectivity index (χ3n) is 12.5. The van der Waals surface area contributed by atoms with Crippen LogP contribution in [0, 0.1) is 11.8 Å². The number of hydrogen-bond acceptors (Lipinski definition) is 10. The van der Waals surface area contributed by atoms with Gasteiger partial charge in [0.15, 0.2) is 6.79 Å². The van der Waals surface area contributed by atoms with Crippen molar-refractivity contribution in [1.29, 1.82) is 0 Å². The van der Waals surface area contributed by atoms with E-state index in [0.29, 0.717) is 26.1 Å². The molecule has 314 valence electrons. The summed E-state index contributed by atoms with van der Waals surface area (Å²) in [6, 6.07) is 15.3. The van der Waals surface area contributed by atoms with Crippen molar-refractivity contribution in [3.63, 3.8) is 0 Å². The van der Waals surface area contributed by atoms with Crippen LogP contribution in [-0.2, 0) is 28.5 Å². The highest BCUT2D eigenvalue weighted by atomic mass is 16.9. The van der Waals surface area contributed by atoms with Gasteiger partial charge in [-0.3, -0.25) is 14.9 Å². The highest BCUT2D eigenvalue weighted by molar-refractivity contribution is 5.87. The lowest BCUT2D eigenvalue weighted by atomic mass is 9.90. The molecule has 2 aromatic heterocycles. The summed E-state index contributed by atoms with van der Waals surface area (Å²) in [4.78, 5) is 60.8. The van der Waals surface area contributed by atoms with Crippen molar-refractivity contribution in [1.82, 2.24) is 40.4 Å². The Morgan fingerprint density at radius 3 is 1.68 bits per heavy atom. The van der Waals surface area contributed by atoms with Gasteiger partial charge >= 0.3 is 6.09 Å². The third kappa shape index (κ3) is 8.51. The first-order chi connectivity index (χ1) is 28.6. The normalized spacial score (nSPS) is 23.6. The predicted molar refractivity (Wildman–Crippen MR) is 219 cm³/mol. The highest BCUT2D eigenvalue weighted by Crippen LogP contribution is 2.39. The number of carbonyl (C=O) groups is 3. The van der Waals surface area contributed by atoms with Gasteiger partial charge in [0, 0.05) is 25.3 Å². The van der Waals surface area contributed by atoms with Gasteiger partial charge in [-0.1, -0.05) is 62.4 Å². The number of benzene rings is 2. The molecule has 0 unspecified atom stereocenters. The summed E-state index contributed by atoms with van der Waals surface area (Å²) < 4.78 is 21.2. The fourth-order valence-corrected chi connectivity index (χ4v) is 9.10. The lowest BCUT2D eigenvalue weighted by Gasteiger charge is -2.37. The van der Waals surface area contributed by atoms with Crippen LogP contribution in [0.1, 0.15) is 90.0 Å². The Bertz CT molecular complexity index is 2070. The largest absolute Gasteiger partial charge is 0.453 e. The second-order valence-electron chi connectivity index (χ2n) is 16.6. The van der Waals surface area contributed by atoms with Crippen LogP contribution in [-0.4, -0.2) is 105 Å². The molecule has 0 radical (unpaired) electrons. The van der Waals surface area contributed by atoms with Gasteiger partial charge in [-0.05, 0) is 86.5 Å². The predicted octanol–water partition coefficient (Wildman–Crippen LogP) is 6.29. The standard InChI is InChI=1S/C44H56N8O7/c1-25(2)37(50-44-58-24-59-44)41(53)51-26(3)6-16-35(51)39-45-22-33(47-39)30-12-8-28(9-13-30)29-10-14-31(15-11-29)34-23-46-40(48-34)36-17-7-27(4)52(36)42(54)38(49-43(55)56-5)32-18-20-57-21-19-32/h8-15,22-23,25-27,32,35-38,44,50H,6-7,16-21,24H2,1-5H3,(H,45,47)(H,46,48)(H,49,55)/t26-,27-,35-,36-,37-,38-/m0/s1. The number of amides is 3. The summed E-state index contributed by atoms with van der Waals surface area (Å²) >= 11 is 0. The van der Waals surface area contributed by atoms with E-state index in [-0.39, 0.29) is 54.6 Å². The Morgan fingerprint density at radius 1 is 0.729 bits per heavy atom. The molecule has 4 aliphatic heterocycles. The van der Waals surface area contributed by atoms with E-state index in [0.717, 1.165) is 71.0 Å². The van der Waals surface area contributed by atoms with Crippen LogP contribution in [0.2, 0.25) is 0 Å². The van der Waals surface area contributed by atoms with Crippen molar-refractivity contribution in [3.8, 4) is 33.6 Å². The van der Waals surface area contributed by atoms with E-state index in [9.17, 15) is 14.4 Å². The third-order valence-corrected chi connectivity index (χ3v) is 12.5. The maximum Gasteiger partial charge on any atom is 0.407 e. The number of alkyl carbamates (subject to hydrolysis) is 1. The molecule has 0 bridgehead atoms. The van der Waals surface area contributed by atoms with Crippen LogP contribution in [0.4, 0.5) is 4.79 Å². The van der Waals surface area contributed by atoms with E-state index >= 15 is 0 Å². The summed E-state index contributed by atoms with van der Waals surface area (Å²) in [6.07, 6.45) is 7.24. The van der Waals surface area contributed by atoms with Gasteiger partial charge in [-0.15, -0.1) is 0 Å². The van der Waals surface area contributed by atoms with Crippen molar-refractivity contribution in [2.24, 2.45) is 11.8 Å². The number of nitrogens with one attached hydrogen (secondary N) is 4. The molecule has 4 N–H and O–H groups in total. The van der Waals surface area contributed by atoms with E-state index < -0.39 is 24.6 Å². The van der Waals surface area contributed by atoms with E-state index in [1.165, 1.54) is 7.11 Å². The van der Waals surface area contributed by atoms with Gasteiger partial charge in [0.25, 0.3) is 0 Å². The van der Waals surface area contributed by atoms with Crippen LogP contribution >= 0.6 is 0 Å². The van der Waals surface area contributed by atoms with Crippen molar-refractivity contribution in [2.45, 2.75) is 109 Å². The van der Waals surface area contributed by atoms with Gasteiger partial charge in [-0.25, -0.2) is 14.8 Å². The number of ether oxygens (including phenoxy) is 4. The summed E-state index contributed by atoms with van der Waals surface area (Å²) in [5, 5.41) is 6.05. The molecule has 0 aliphatic carbocycles. The summed E-state index contributed by atoms with van der Waals surface area (Å²) in [7, 11) is 1.31. The number of aromatic nitrogens is 4. The molecule has 0 spiro atoms. The minimum Gasteiger partial charge on any atom is -0.453 e. The first-order valence-electron chi connectivity index (χ1n) is 21.0. The Morgan fingerprint density at radius 2 is 1.22 bits per heavy atom. The summed E-state index contributed by atoms with van der Waals surface area (Å²) in [6.45, 7) is 9.56. The van der Waals surface area contributed by atoms with Crippen LogP contribution in [0.5, 0.6) is 0 Å². The SMILES string of the molecule is COC(=O)N[C@H](C(=O)N1[C@@H](C)CC[C@H]1c1ncc(-c2ccc(-c3ccc(-c4cnc([C@@H]5CC[C@H](C)N5C(=O)[C@@H](NC5OCO5)C(C)C)[nH]4)cc3)cc2)[nH]1)C1CCOCC1. The number of H-pyrrole nitrogens is 2. The van der Waals surface area contributed by atoms with Crippen LogP contribution in [0.15, 0.2) is 60.9 Å². The molecule has 6 heterocycles. The topological polar surface area (TPSA) is 176 Å². The lowest BCUT2D eigenvalue weighted by molar-refractivity contribution is -0.335. The molecular formula is C44H56N8O7. The zero-order chi connectivity index (χ0) is 41.2. The number of methoxy groups -OCH3 is 1. The smallest absolute Gasteiger partial charge is 0.407 e. The van der Waals surface area contributed by atoms with Crippen molar-refractivity contribution in [2.75, 3.05) is 27.1 Å². The second kappa shape index (κ2) is 17.6. The molecule has 15 heteroatoms. The maximum atomic E-state index is 14.2. The Kier molecular flexibility index (Phi) is 12.2. The zero-order valence-corrected chi connectivity index (χ0v) is 34.5. The number of nitrogens with zero attached hydrogens (tertiary/aromatic N) is 4. The number of carbonyl (C=O) groups excluding carboxylic acids is 3. The molecule has 0 saturated carbocycles. The first-order valence-corrected chi connectivity index (χ1v) is 21.0. The zero-order valence-electron chi connectivity index (χ0n) is 34.5. The van der Waals surface area contributed by atoms with Gasteiger partial charge in [-0.2, -0.15) is 0 Å². The molecule has 15 nitrogen and oxygen atoms in total. The number of likely N-dealkylation sites (tertiary alicyclic amines) is 2. The fraction of sp³-hybridized carbons (Fsp3) is 0.523. The number of rotatable bonds is 12. The molecule has 4 saturated heterocycles. The monoisotopic (exact) mass is 808 g/mol. The molecular weight excluding hydrogens is 753 g/mol. The molecule has 6 atom stereocenters. The van der Waals surface area contributed by atoms with Crippen LogP contribution < -0.4 is 10.6 Å². The van der Waals surface area contributed by atoms with Crippen LogP contribution in [0.3, 0.4) is 0 Å². The van der Waals surface area contributed by atoms with Crippen LogP contribution in [0.25, 0.3) is 33.6 Å². The molecule has 8 rings (SSSR count). The van der Waals surface area contributed by atoms with Gasteiger partial charge < -0.3 is 44.0 Å². The van der Waals surface area contributed by atoms with Crippen molar-refractivity contribution < 1.29 is 33.3 Å². The van der Waals surface area contributed by atoms with Gasteiger partial charge in [0.05, 0.1) is 49.0 Å². The second-order valence-corrected chi connectivity index (χ2v) is 16.6. The summed E-state index contributed by atoms with van der Waals surface area (Å²) in [5.41, 5.74) is 5.91. The minimum atomic E-state index is -0.694. The molecule has 4 aliphatic rings. The Hall–Kier alpha value is -5.09. The van der Waals surface area contributed by atoms with Crippen molar-refractivity contribution in [3.05, 3.63) is 72.6 Å². The molecule has 4 aromatic rings. The Balaban J connectivity index is 0.927. The van der Waals surface area contributed by atoms with E-state index in [1.807, 2.05) is 36.0 Å². The Labute approximate surface area is 344 Å². The molecule has 3 amide bonds. The van der Waals surface area contributed by atoms with Gasteiger partial charge in [0.2, 0.25) is 18.2 Å². The minimum absolute atomic E-state index is 0.00469. The summed E-state index contributed by atoms with van der Waals surface area (Å²) in [5.74, 6) is 1.46. The molecule has 2 aromatic carbocycles. The fourth-order valence-electron chi connectivity index (χ4n) is 9.10. The number of hydrogen-bond donors (Lipinski definition) is 4. The average Bonchev–Trinajstić information content (AvgIpc) is 4.06. The van der Waals surface area contributed by atoms with Crippen molar-refractivity contribution >= 4 is 17.9 Å². The number of aromatic amines is 2. The maximum absolute atomic E-state index is 14.2. The van der Waals surface area contributed by atoms with E-state index in [2.05, 4.69) is 83.0 Å². The lowest BCUT2D eigenvalue weighted by Crippen LogP contribution is -2.57. The van der Waals surface area contributed by atoms with Gasteiger partial charge in [0.1, 0.15) is 17.7 Å². The van der Waals surface area contributed by atoms with E-state index in [1.54, 1.807) is 0 Å². The quantitative estimate of drug-likeness (QED) is 0.127. The highest BCUT2D eigenvalue weighted by Gasteiger charge is 2.44. The molecule has 59 heavy (non-hydrogen) atoms. The number of imidazole rings is 2. The van der Waals surface area contributed by atoms with E-state index in [4.69, 9.17) is 28.9 Å².